The van der Waals surface area contributed by atoms with Gasteiger partial charge in [0, 0.05) is 22.4 Å². The van der Waals surface area contributed by atoms with Crippen molar-refractivity contribution in [3.8, 4) is 11.4 Å². The number of rotatable bonds is 9. The molecule has 0 fully saturated rings. The number of ether oxygens (including phenoxy) is 1. The molecule has 0 saturated heterocycles. The van der Waals surface area contributed by atoms with Crippen LogP contribution in [0, 0.1) is 6.92 Å². The number of methoxy groups -OCH3 is 1. The van der Waals surface area contributed by atoms with Crippen LogP contribution in [0.25, 0.3) is 11.4 Å². The van der Waals surface area contributed by atoms with Gasteiger partial charge in [-0.25, -0.2) is 4.79 Å². The molecule has 1 amide bonds. The lowest BCUT2D eigenvalue weighted by Gasteiger charge is -2.10. The number of nitrogens with one attached hydrogen (secondary N) is 1. The van der Waals surface area contributed by atoms with Gasteiger partial charge in [0.15, 0.2) is 11.0 Å². The highest BCUT2D eigenvalue weighted by molar-refractivity contribution is 7.99. The van der Waals surface area contributed by atoms with Gasteiger partial charge in [-0.15, -0.1) is 32.9 Å². The van der Waals surface area contributed by atoms with Crippen molar-refractivity contribution in [2.75, 3.05) is 18.2 Å². The Morgan fingerprint density at radius 2 is 2.07 bits per heavy atom. The van der Waals surface area contributed by atoms with E-state index in [0.29, 0.717) is 15.7 Å². The third-order valence-electron chi connectivity index (χ3n) is 4.52. The zero-order valence-corrected chi connectivity index (χ0v) is 19.8. The summed E-state index contributed by atoms with van der Waals surface area (Å²) in [5, 5.41) is 16.7. The lowest BCUT2D eigenvalue weighted by molar-refractivity contribution is -0.113. The smallest absolute Gasteiger partial charge is 0.340 e. The molecule has 0 aliphatic heterocycles. The van der Waals surface area contributed by atoms with Crippen LogP contribution in [0.3, 0.4) is 0 Å². The molecule has 0 radical (unpaired) electrons. The van der Waals surface area contributed by atoms with Gasteiger partial charge in [0.25, 0.3) is 0 Å². The molecule has 10 heteroatoms. The molecule has 0 spiro atoms. The van der Waals surface area contributed by atoms with Gasteiger partial charge in [-0.2, -0.15) is 0 Å². The summed E-state index contributed by atoms with van der Waals surface area (Å²) < 4.78 is 6.83. The average molecular weight is 465 g/mol. The molecule has 0 aromatic carbocycles. The highest BCUT2D eigenvalue weighted by atomic mass is 32.2. The average Bonchev–Trinajstić information content (AvgIpc) is 3.45. The van der Waals surface area contributed by atoms with Crippen LogP contribution in [0.15, 0.2) is 22.0 Å². The van der Waals surface area contributed by atoms with E-state index in [1.54, 1.807) is 22.8 Å². The number of thiophene rings is 2. The minimum absolute atomic E-state index is 0.170. The topological polar surface area (TPSA) is 86.1 Å². The summed E-state index contributed by atoms with van der Waals surface area (Å²) in [6, 6.07) is 1.64. The first kappa shape index (κ1) is 22.5. The Morgan fingerprint density at radius 3 is 2.77 bits per heavy atom. The Morgan fingerprint density at radius 1 is 1.27 bits per heavy atom. The van der Waals surface area contributed by atoms with Crippen LogP contribution >= 0.6 is 34.4 Å². The van der Waals surface area contributed by atoms with Crippen LogP contribution in [-0.2, 0) is 22.5 Å². The van der Waals surface area contributed by atoms with E-state index in [4.69, 9.17) is 4.74 Å². The van der Waals surface area contributed by atoms with Crippen molar-refractivity contribution in [3.05, 3.63) is 32.8 Å². The predicted molar refractivity (Wildman–Crippen MR) is 123 cm³/mol. The summed E-state index contributed by atoms with van der Waals surface area (Å²) >= 11 is 4.35. The van der Waals surface area contributed by atoms with Gasteiger partial charge in [0.05, 0.1) is 18.4 Å². The maximum Gasteiger partial charge on any atom is 0.340 e. The molecule has 3 heterocycles. The van der Waals surface area contributed by atoms with E-state index in [1.807, 2.05) is 0 Å². The SMILES string of the molecule is CCCn1c(SCC(=O)Nc2sccc2C(=O)OC)nnc1-c1csc(C)c1CC. The summed E-state index contributed by atoms with van der Waals surface area (Å²) in [7, 11) is 1.32. The van der Waals surface area contributed by atoms with E-state index in [9.17, 15) is 9.59 Å². The highest BCUT2D eigenvalue weighted by Crippen LogP contribution is 2.33. The van der Waals surface area contributed by atoms with Gasteiger partial charge in [0.2, 0.25) is 5.91 Å². The van der Waals surface area contributed by atoms with Crippen molar-refractivity contribution >= 4 is 51.3 Å². The zero-order chi connectivity index (χ0) is 21.7. The molecule has 0 unspecified atom stereocenters. The minimum Gasteiger partial charge on any atom is -0.465 e. The lowest BCUT2D eigenvalue weighted by Crippen LogP contribution is -2.16. The van der Waals surface area contributed by atoms with E-state index in [2.05, 4.69) is 46.2 Å². The number of hydrogen-bond acceptors (Lipinski definition) is 8. The van der Waals surface area contributed by atoms with Gasteiger partial charge in [-0.05, 0) is 36.8 Å². The Labute approximate surface area is 187 Å². The standard InChI is InChI=1S/C20H24N4O3S3/c1-5-8-24-17(15-10-29-12(3)13(15)6-2)22-23-20(24)30-11-16(25)21-18-14(7-9-28-18)19(26)27-4/h7,9-10H,5-6,8,11H2,1-4H3,(H,21,25). The molecule has 0 saturated carbocycles. The molecule has 160 valence electrons. The Balaban J connectivity index is 1.74. The third kappa shape index (κ3) is 4.76. The first-order chi connectivity index (χ1) is 14.5. The molecular weight excluding hydrogens is 440 g/mol. The summed E-state index contributed by atoms with van der Waals surface area (Å²) in [4.78, 5) is 25.5. The van der Waals surface area contributed by atoms with Crippen LogP contribution in [0.5, 0.6) is 0 Å². The fourth-order valence-electron chi connectivity index (χ4n) is 3.10. The molecule has 0 atom stereocenters. The number of amides is 1. The maximum atomic E-state index is 12.5. The van der Waals surface area contributed by atoms with Crippen LogP contribution < -0.4 is 5.32 Å². The Kier molecular flexibility index (Phi) is 7.68. The van der Waals surface area contributed by atoms with Crippen LogP contribution in [-0.4, -0.2) is 39.5 Å². The van der Waals surface area contributed by atoms with Crippen molar-refractivity contribution in [1.29, 1.82) is 0 Å². The normalized spacial score (nSPS) is 10.9. The summed E-state index contributed by atoms with van der Waals surface area (Å²) in [6.45, 7) is 7.16. The van der Waals surface area contributed by atoms with E-state index < -0.39 is 5.97 Å². The second kappa shape index (κ2) is 10.2. The maximum absolute atomic E-state index is 12.5. The number of aryl methyl sites for hydroxylation is 1. The van der Waals surface area contributed by atoms with Gasteiger partial charge in [-0.3, -0.25) is 4.79 Å². The molecule has 3 rings (SSSR count). The van der Waals surface area contributed by atoms with Crippen molar-refractivity contribution in [1.82, 2.24) is 14.8 Å². The summed E-state index contributed by atoms with van der Waals surface area (Å²) in [6.07, 6.45) is 1.88. The molecule has 3 aromatic heterocycles. The Bertz CT molecular complexity index is 1040. The lowest BCUT2D eigenvalue weighted by atomic mass is 10.1. The summed E-state index contributed by atoms with van der Waals surface area (Å²) in [5.41, 5.74) is 2.78. The van der Waals surface area contributed by atoms with E-state index in [1.165, 1.54) is 40.6 Å². The molecule has 1 N–H and O–H groups in total. The monoisotopic (exact) mass is 464 g/mol. The molecule has 7 nitrogen and oxygen atoms in total. The van der Waals surface area contributed by atoms with Gasteiger partial charge >= 0.3 is 5.97 Å². The van der Waals surface area contributed by atoms with Gasteiger partial charge in [-0.1, -0.05) is 25.6 Å². The minimum atomic E-state index is -0.468. The Hall–Kier alpha value is -2.17. The zero-order valence-electron chi connectivity index (χ0n) is 17.4. The number of carbonyl (C=O) groups is 2. The van der Waals surface area contributed by atoms with Crippen molar-refractivity contribution in [2.45, 2.75) is 45.3 Å². The fourth-order valence-corrected chi connectivity index (χ4v) is 5.59. The van der Waals surface area contributed by atoms with Crippen LogP contribution in [0.2, 0.25) is 0 Å². The fraction of sp³-hybridized carbons (Fsp3) is 0.400. The van der Waals surface area contributed by atoms with E-state index in [0.717, 1.165) is 30.8 Å². The van der Waals surface area contributed by atoms with Crippen molar-refractivity contribution in [3.63, 3.8) is 0 Å². The first-order valence-electron chi connectivity index (χ1n) is 9.59. The molecular formula is C20H24N4O3S3. The number of esters is 1. The van der Waals surface area contributed by atoms with Crippen LogP contribution in [0.1, 0.15) is 41.1 Å². The number of aromatic nitrogens is 3. The van der Waals surface area contributed by atoms with E-state index >= 15 is 0 Å². The summed E-state index contributed by atoms with van der Waals surface area (Å²) in [5.74, 6) is 0.348. The van der Waals surface area contributed by atoms with Crippen LogP contribution in [0.4, 0.5) is 5.00 Å². The van der Waals surface area contributed by atoms with Gasteiger partial charge < -0.3 is 14.6 Å². The van der Waals surface area contributed by atoms with E-state index in [-0.39, 0.29) is 11.7 Å². The molecule has 3 aromatic rings. The molecule has 30 heavy (non-hydrogen) atoms. The molecule has 0 aliphatic carbocycles. The third-order valence-corrected chi connectivity index (χ3v) is 7.27. The number of nitrogens with zero attached hydrogens (tertiary/aromatic N) is 3. The van der Waals surface area contributed by atoms with Crippen molar-refractivity contribution in [2.24, 2.45) is 0 Å². The van der Waals surface area contributed by atoms with Crippen molar-refractivity contribution < 1.29 is 14.3 Å². The number of anilines is 1. The molecule has 0 aliphatic rings. The number of thioether (sulfide) groups is 1. The second-order valence-electron chi connectivity index (χ2n) is 6.49. The largest absolute Gasteiger partial charge is 0.465 e. The predicted octanol–water partition coefficient (Wildman–Crippen LogP) is 4.87. The number of carbonyl (C=O) groups excluding carboxylic acids is 2. The second-order valence-corrected chi connectivity index (χ2v) is 9.43. The number of hydrogen-bond donors (Lipinski definition) is 1. The highest BCUT2D eigenvalue weighted by Gasteiger charge is 2.20. The quantitative estimate of drug-likeness (QED) is 0.359. The van der Waals surface area contributed by atoms with Gasteiger partial charge in [0.1, 0.15) is 5.00 Å². The first-order valence-corrected chi connectivity index (χ1v) is 12.3. The molecule has 0 bridgehead atoms.